The predicted molar refractivity (Wildman–Crippen MR) is 105 cm³/mol. The Morgan fingerprint density at radius 3 is 2.29 bits per heavy atom. The fourth-order valence-electron chi connectivity index (χ4n) is 2.72. The molecule has 3 aromatic rings. The predicted octanol–water partition coefficient (Wildman–Crippen LogP) is 3.94. The molecule has 0 atom stereocenters. The lowest BCUT2D eigenvalue weighted by atomic mass is 10.2. The SMILES string of the molecule is CCN(CC)S(=O)(=O)c1ccc(N=Nc2c(O)c3ccccc3oc2=O)cc1. The molecular weight excluding hydrogens is 382 g/mol. The largest absolute Gasteiger partial charge is 0.505 e. The van der Waals surface area contributed by atoms with Crippen LogP contribution in [0.4, 0.5) is 11.4 Å². The monoisotopic (exact) mass is 401 g/mol. The minimum atomic E-state index is -3.57. The molecular formula is C19H19N3O5S. The smallest absolute Gasteiger partial charge is 0.368 e. The van der Waals surface area contributed by atoms with Gasteiger partial charge in [0.15, 0.2) is 5.75 Å². The van der Waals surface area contributed by atoms with Crippen molar-refractivity contribution >= 4 is 32.4 Å². The fraction of sp³-hybridized carbons (Fsp3) is 0.211. The maximum Gasteiger partial charge on any atom is 0.368 e. The van der Waals surface area contributed by atoms with Crippen LogP contribution in [-0.4, -0.2) is 30.9 Å². The summed E-state index contributed by atoms with van der Waals surface area (Å²) in [5.41, 5.74) is -0.570. The van der Waals surface area contributed by atoms with Crippen molar-refractivity contribution in [3.8, 4) is 5.75 Å². The molecule has 0 fully saturated rings. The standard InChI is InChI=1S/C19H19N3O5S/c1-3-22(4-2)28(25,26)14-11-9-13(10-12-14)20-21-17-18(23)15-7-5-6-8-16(15)27-19(17)24/h5-12,23H,3-4H2,1-2H3. The minimum Gasteiger partial charge on any atom is -0.505 e. The second kappa shape index (κ2) is 7.91. The third-order valence-electron chi connectivity index (χ3n) is 4.21. The number of sulfonamides is 1. The summed E-state index contributed by atoms with van der Waals surface area (Å²) in [5.74, 6) is -0.323. The molecule has 8 nitrogen and oxygen atoms in total. The molecule has 0 aliphatic carbocycles. The van der Waals surface area contributed by atoms with E-state index in [-0.39, 0.29) is 21.9 Å². The Bertz CT molecular complexity index is 1180. The Balaban J connectivity index is 1.92. The number of hydrogen-bond donors (Lipinski definition) is 1. The molecule has 3 rings (SSSR count). The number of azo groups is 1. The van der Waals surface area contributed by atoms with Crippen molar-refractivity contribution in [2.75, 3.05) is 13.1 Å². The van der Waals surface area contributed by atoms with E-state index in [2.05, 4.69) is 10.2 Å². The van der Waals surface area contributed by atoms with Crippen molar-refractivity contribution in [2.45, 2.75) is 18.7 Å². The van der Waals surface area contributed by atoms with Crippen LogP contribution in [0.25, 0.3) is 11.0 Å². The van der Waals surface area contributed by atoms with E-state index in [0.29, 0.717) is 24.2 Å². The molecule has 146 valence electrons. The van der Waals surface area contributed by atoms with Crippen LogP contribution in [0, 0.1) is 0 Å². The highest BCUT2D eigenvalue weighted by molar-refractivity contribution is 7.89. The summed E-state index contributed by atoms with van der Waals surface area (Å²) in [5, 5.41) is 18.3. The third kappa shape index (κ3) is 3.67. The zero-order valence-electron chi connectivity index (χ0n) is 15.4. The summed E-state index contributed by atoms with van der Waals surface area (Å²) in [6.07, 6.45) is 0. The number of aromatic hydroxyl groups is 1. The van der Waals surface area contributed by atoms with E-state index in [1.807, 2.05) is 0 Å². The summed E-state index contributed by atoms with van der Waals surface area (Å²) in [6, 6.07) is 12.3. The van der Waals surface area contributed by atoms with E-state index < -0.39 is 15.6 Å². The molecule has 0 spiro atoms. The Labute approximate surface area is 161 Å². The molecule has 0 saturated heterocycles. The Morgan fingerprint density at radius 2 is 1.64 bits per heavy atom. The molecule has 9 heteroatoms. The Morgan fingerprint density at radius 1 is 1.00 bits per heavy atom. The maximum atomic E-state index is 12.5. The average molecular weight is 401 g/mol. The Kier molecular flexibility index (Phi) is 5.57. The molecule has 2 aromatic carbocycles. The Hall–Kier alpha value is -3.04. The molecule has 1 aromatic heterocycles. The number of nitrogens with zero attached hydrogens (tertiary/aromatic N) is 3. The number of hydrogen-bond acceptors (Lipinski definition) is 7. The number of rotatable bonds is 6. The first-order valence-corrected chi connectivity index (χ1v) is 10.1. The number of benzene rings is 2. The van der Waals surface area contributed by atoms with E-state index in [4.69, 9.17) is 4.42 Å². The lowest BCUT2D eigenvalue weighted by molar-refractivity contribution is 0.445. The molecule has 0 saturated carbocycles. The third-order valence-corrected chi connectivity index (χ3v) is 6.27. The summed E-state index contributed by atoms with van der Waals surface area (Å²) in [7, 11) is -3.57. The minimum absolute atomic E-state index is 0.142. The number of para-hydroxylation sites is 1. The van der Waals surface area contributed by atoms with Gasteiger partial charge in [0.05, 0.1) is 16.0 Å². The van der Waals surface area contributed by atoms with Gasteiger partial charge in [0, 0.05) is 13.1 Å². The van der Waals surface area contributed by atoms with Gasteiger partial charge in [0.2, 0.25) is 15.7 Å². The highest BCUT2D eigenvalue weighted by Crippen LogP contribution is 2.32. The molecule has 0 amide bonds. The van der Waals surface area contributed by atoms with E-state index in [1.165, 1.54) is 28.6 Å². The zero-order chi connectivity index (χ0) is 20.3. The van der Waals surface area contributed by atoms with Crippen LogP contribution in [0.15, 0.2) is 72.9 Å². The lowest BCUT2D eigenvalue weighted by Crippen LogP contribution is -2.30. The fourth-order valence-corrected chi connectivity index (χ4v) is 4.18. The van der Waals surface area contributed by atoms with Gasteiger partial charge in [-0.25, -0.2) is 13.2 Å². The van der Waals surface area contributed by atoms with Crippen LogP contribution in [0.5, 0.6) is 5.75 Å². The van der Waals surface area contributed by atoms with Crippen molar-refractivity contribution in [2.24, 2.45) is 10.2 Å². The summed E-state index contributed by atoms with van der Waals surface area (Å²) < 4.78 is 31.4. The van der Waals surface area contributed by atoms with E-state index >= 15 is 0 Å². The van der Waals surface area contributed by atoms with Gasteiger partial charge in [0.1, 0.15) is 5.58 Å². The zero-order valence-corrected chi connectivity index (χ0v) is 16.2. The van der Waals surface area contributed by atoms with E-state index in [0.717, 1.165) is 0 Å². The van der Waals surface area contributed by atoms with Crippen molar-refractivity contribution in [1.29, 1.82) is 0 Å². The first-order valence-electron chi connectivity index (χ1n) is 8.65. The first-order chi connectivity index (χ1) is 13.4. The second-order valence-electron chi connectivity index (χ2n) is 5.87. The highest BCUT2D eigenvalue weighted by Gasteiger charge is 2.21. The summed E-state index contributed by atoms with van der Waals surface area (Å²) >= 11 is 0. The van der Waals surface area contributed by atoms with Gasteiger partial charge < -0.3 is 9.52 Å². The van der Waals surface area contributed by atoms with Crippen LogP contribution in [0.3, 0.4) is 0 Å². The van der Waals surface area contributed by atoms with Crippen LogP contribution in [0.1, 0.15) is 13.8 Å². The summed E-state index contributed by atoms with van der Waals surface area (Å²) in [4.78, 5) is 12.2. The van der Waals surface area contributed by atoms with Crippen molar-refractivity contribution < 1.29 is 17.9 Å². The topological polar surface area (TPSA) is 113 Å². The molecule has 1 heterocycles. The molecule has 0 aliphatic heterocycles. The molecule has 28 heavy (non-hydrogen) atoms. The number of fused-ring (bicyclic) bond motifs is 1. The average Bonchev–Trinajstić information content (AvgIpc) is 2.69. The van der Waals surface area contributed by atoms with Gasteiger partial charge in [0.25, 0.3) is 0 Å². The van der Waals surface area contributed by atoms with Crippen LogP contribution >= 0.6 is 0 Å². The quantitative estimate of drug-likeness (QED) is 0.496. The van der Waals surface area contributed by atoms with Crippen LogP contribution in [-0.2, 0) is 10.0 Å². The lowest BCUT2D eigenvalue weighted by Gasteiger charge is -2.18. The maximum absolute atomic E-state index is 12.5. The molecule has 1 N–H and O–H groups in total. The van der Waals surface area contributed by atoms with Gasteiger partial charge in [-0.15, -0.1) is 5.11 Å². The van der Waals surface area contributed by atoms with Crippen molar-refractivity contribution in [3.05, 3.63) is 59.0 Å². The van der Waals surface area contributed by atoms with Gasteiger partial charge in [-0.1, -0.05) is 26.0 Å². The van der Waals surface area contributed by atoms with Crippen LogP contribution in [0.2, 0.25) is 0 Å². The van der Waals surface area contributed by atoms with Crippen LogP contribution < -0.4 is 5.63 Å². The van der Waals surface area contributed by atoms with Gasteiger partial charge >= 0.3 is 5.63 Å². The summed E-state index contributed by atoms with van der Waals surface area (Å²) in [6.45, 7) is 4.28. The molecule has 0 aliphatic rings. The van der Waals surface area contributed by atoms with E-state index in [9.17, 15) is 18.3 Å². The van der Waals surface area contributed by atoms with Crippen molar-refractivity contribution in [3.63, 3.8) is 0 Å². The molecule has 0 unspecified atom stereocenters. The molecule has 0 bridgehead atoms. The first kappa shape index (κ1) is 19.7. The van der Waals surface area contributed by atoms with Crippen molar-refractivity contribution in [1.82, 2.24) is 4.31 Å². The normalized spacial score (nSPS) is 12.2. The highest BCUT2D eigenvalue weighted by atomic mass is 32.2. The van der Waals surface area contributed by atoms with Gasteiger partial charge in [-0.2, -0.15) is 9.42 Å². The van der Waals surface area contributed by atoms with E-state index in [1.54, 1.807) is 38.1 Å². The second-order valence-corrected chi connectivity index (χ2v) is 7.80. The van der Waals surface area contributed by atoms with Gasteiger partial charge in [-0.05, 0) is 36.4 Å². The van der Waals surface area contributed by atoms with Gasteiger partial charge in [-0.3, -0.25) is 0 Å². The molecule has 0 radical (unpaired) electrons.